The minimum absolute atomic E-state index is 0.0586. The summed E-state index contributed by atoms with van der Waals surface area (Å²) in [5.41, 5.74) is 0.911. The first-order chi connectivity index (χ1) is 9.95. The van der Waals surface area contributed by atoms with Gasteiger partial charge in [0, 0.05) is 12.6 Å². The van der Waals surface area contributed by atoms with Crippen LogP contribution in [0, 0.1) is 5.41 Å². The van der Waals surface area contributed by atoms with E-state index >= 15 is 0 Å². The summed E-state index contributed by atoms with van der Waals surface area (Å²) in [5.74, 6) is 0. The number of hydrogen-bond donors (Lipinski definition) is 2. The first-order valence-electron chi connectivity index (χ1n) is 7.97. The molecular formula is C18H29NO2. The van der Waals surface area contributed by atoms with E-state index in [4.69, 9.17) is 4.74 Å². The molecule has 0 aliphatic heterocycles. The third kappa shape index (κ3) is 5.10. The molecule has 21 heavy (non-hydrogen) atoms. The van der Waals surface area contributed by atoms with Gasteiger partial charge in [-0.3, -0.25) is 0 Å². The molecule has 1 aromatic carbocycles. The van der Waals surface area contributed by atoms with Crippen molar-refractivity contribution >= 4 is 0 Å². The molecule has 1 aliphatic carbocycles. The Labute approximate surface area is 128 Å². The Morgan fingerprint density at radius 1 is 1.19 bits per heavy atom. The molecule has 0 aromatic heterocycles. The first-order valence-corrected chi connectivity index (χ1v) is 7.97. The lowest BCUT2D eigenvalue weighted by molar-refractivity contribution is 0.0229. The average Bonchev–Trinajstić information content (AvgIpc) is 3.26. The van der Waals surface area contributed by atoms with E-state index < -0.39 is 5.54 Å². The van der Waals surface area contributed by atoms with E-state index in [1.165, 1.54) is 12.8 Å². The van der Waals surface area contributed by atoms with Gasteiger partial charge in [-0.25, -0.2) is 0 Å². The number of aliphatic hydroxyl groups is 1. The maximum Gasteiger partial charge on any atom is 0.0908 e. The predicted molar refractivity (Wildman–Crippen MR) is 86.3 cm³/mol. The van der Waals surface area contributed by atoms with E-state index in [1.807, 2.05) is 18.2 Å². The molecule has 0 amide bonds. The predicted octanol–water partition coefficient (Wildman–Crippen LogP) is 3.08. The maximum atomic E-state index is 10.0. The lowest BCUT2D eigenvalue weighted by Crippen LogP contribution is -2.50. The SMILES string of the molecule is CC(C)(C)CCOCC(CO)(NC1CC1)c1ccccc1. The molecule has 3 heteroatoms. The summed E-state index contributed by atoms with van der Waals surface area (Å²) in [4.78, 5) is 0. The third-order valence-electron chi connectivity index (χ3n) is 4.00. The van der Waals surface area contributed by atoms with Crippen molar-refractivity contribution in [1.82, 2.24) is 5.32 Å². The highest BCUT2D eigenvalue weighted by Gasteiger charge is 2.37. The van der Waals surface area contributed by atoms with Crippen LogP contribution in [-0.2, 0) is 10.3 Å². The number of hydrogen-bond acceptors (Lipinski definition) is 3. The van der Waals surface area contributed by atoms with Crippen molar-refractivity contribution in [2.24, 2.45) is 5.41 Å². The molecule has 1 unspecified atom stereocenters. The molecule has 3 nitrogen and oxygen atoms in total. The van der Waals surface area contributed by atoms with Crippen LogP contribution in [0.2, 0.25) is 0 Å². The van der Waals surface area contributed by atoms with Crippen molar-refractivity contribution in [3.8, 4) is 0 Å². The van der Waals surface area contributed by atoms with Gasteiger partial charge in [0.1, 0.15) is 0 Å². The summed E-state index contributed by atoms with van der Waals surface area (Å²) in [7, 11) is 0. The van der Waals surface area contributed by atoms with Gasteiger partial charge in [0.15, 0.2) is 0 Å². The minimum atomic E-state index is -0.472. The molecule has 0 radical (unpaired) electrons. The first kappa shape index (κ1) is 16.5. The molecule has 1 atom stereocenters. The third-order valence-corrected chi connectivity index (χ3v) is 4.00. The molecular weight excluding hydrogens is 262 g/mol. The highest BCUT2D eigenvalue weighted by atomic mass is 16.5. The summed E-state index contributed by atoms with van der Waals surface area (Å²) < 4.78 is 5.93. The molecule has 0 heterocycles. The van der Waals surface area contributed by atoms with Gasteiger partial charge in [0.05, 0.1) is 18.8 Å². The highest BCUT2D eigenvalue weighted by molar-refractivity contribution is 5.25. The Hall–Kier alpha value is -0.900. The van der Waals surface area contributed by atoms with Gasteiger partial charge in [-0.15, -0.1) is 0 Å². The Kier molecular flexibility index (Phi) is 5.42. The summed E-state index contributed by atoms with van der Waals surface area (Å²) >= 11 is 0. The molecule has 2 N–H and O–H groups in total. The molecule has 1 saturated carbocycles. The average molecular weight is 291 g/mol. The van der Waals surface area contributed by atoms with Gasteiger partial charge in [-0.05, 0) is 30.2 Å². The smallest absolute Gasteiger partial charge is 0.0908 e. The van der Waals surface area contributed by atoms with Crippen molar-refractivity contribution in [1.29, 1.82) is 0 Å². The van der Waals surface area contributed by atoms with Gasteiger partial charge in [-0.2, -0.15) is 0 Å². The quantitative estimate of drug-likeness (QED) is 0.723. The Morgan fingerprint density at radius 2 is 1.86 bits per heavy atom. The fraction of sp³-hybridized carbons (Fsp3) is 0.667. The van der Waals surface area contributed by atoms with E-state index in [9.17, 15) is 5.11 Å². The second-order valence-electron chi connectivity index (χ2n) is 7.39. The topological polar surface area (TPSA) is 41.5 Å². The zero-order valence-electron chi connectivity index (χ0n) is 13.6. The number of nitrogens with one attached hydrogen (secondary N) is 1. The van der Waals surface area contributed by atoms with Crippen LogP contribution >= 0.6 is 0 Å². The van der Waals surface area contributed by atoms with Gasteiger partial charge in [0.2, 0.25) is 0 Å². The van der Waals surface area contributed by atoms with Crippen molar-refractivity contribution in [2.45, 2.75) is 51.6 Å². The van der Waals surface area contributed by atoms with Gasteiger partial charge in [-0.1, -0.05) is 51.1 Å². The highest BCUT2D eigenvalue weighted by Crippen LogP contribution is 2.29. The lowest BCUT2D eigenvalue weighted by Gasteiger charge is -2.34. The van der Waals surface area contributed by atoms with Crippen LogP contribution < -0.4 is 5.32 Å². The molecule has 0 spiro atoms. The van der Waals surface area contributed by atoms with Crippen LogP contribution in [-0.4, -0.2) is 31.0 Å². The molecule has 1 aliphatic rings. The van der Waals surface area contributed by atoms with Crippen molar-refractivity contribution in [3.63, 3.8) is 0 Å². The Morgan fingerprint density at radius 3 is 2.38 bits per heavy atom. The normalized spacial score (nSPS) is 18.5. The van der Waals surface area contributed by atoms with Crippen molar-refractivity contribution in [2.75, 3.05) is 19.8 Å². The Bertz CT molecular complexity index is 423. The maximum absolute atomic E-state index is 10.0. The molecule has 118 valence electrons. The second-order valence-corrected chi connectivity index (χ2v) is 7.39. The fourth-order valence-electron chi connectivity index (χ4n) is 2.39. The van der Waals surface area contributed by atoms with Crippen LogP contribution in [0.5, 0.6) is 0 Å². The monoisotopic (exact) mass is 291 g/mol. The summed E-state index contributed by atoms with van der Waals surface area (Å²) in [6.45, 7) is 7.95. The number of benzene rings is 1. The molecule has 0 saturated heterocycles. The number of ether oxygens (including phenoxy) is 1. The van der Waals surface area contributed by atoms with Crippen LogP contribution in [0.4, 0.5) is 0 Å². The molecule has 1 aromatic rings. The zero-order valence-corrected chi connectivity index (χ0v) is 13.6. The summed E-state index contributed by atoms with van der Waals surface area (Å²) in [5, 5.41) is 13.6. The fourth-order valence-corrected chi connectivity index (χ4v) is 2.39. The Balaban J connectivity index is 2.01. The summed E-state index contributed by atoms with van der Waals surface area (Å²) in [6.07, 6.45) is 3.40. The molecule has 0 bridgehead atoms. The van der Waals surface area contributed by atoms with Gasteiger partial charge >= 0.3 is 0 Å². The second kappa shape index (κ2) is 6.91. The van der Waals surface area contributed by atoms with Crippen LogP contribution in [0.25, 0.3) is 0 Å². The van der Waals surface area contributed by atoms with Crippen molar-refractivity contribution < 1.29 is 9.84 Å². The van der Waals surface area contributed by atoms with E-state index in [2.05, 4.69) is 38.2 Å². The van der Waals surface area contributed by atoms with E-state index in [0.29, 0.717) is 12.6 Å². The largest absolute Gasteiger partial charge is 0.394 e. The minimum Gasteiger partial charge on any atom is -0.394 e. The summed E-state index contributed by atoms with van der Waals surface area (Å²) in [6, 6.07) is 10.7. The van der Waals surface area contributed by atoms with E-state index in [-0.39, 0.29) is 12.0 Å². The standard InChI is InChI=1S/C18H29NO2/c1-17(2,3)11-12-21-14-18(13-20,19-16-9-10-16)15-7-5-4-6-8-15/h4-8,16,19-20H,9-14H2,1-3H3. The lowest BCUT2D eigenvalue weighted by atomic mass is 9.90. The molecule has 2 rings (SSSR count). The van der Waals surface area contributed by atoms with Crippen LogP contribution in [0.3, 0.4) is 0 Å². The van der Waals surface area contributed by atoms with Crippen molar-refractivity contribution in [3.05, 3.63) is 35.9 Å². The molecule has 1 fully saturated rings. The van der Waals surface area contributed by atoms with E-state index in [1.54, 1.807) is 0 Å². The van der Waals surface area contributed by atoms with Gasteiger partial charge < -0.3 is 15.2 Å². The van der Waals surface area contributed by atoms with E-state index in [0.717, 1.165) is 18.6 Å². The van der Waals surface area contributed by atoms with Crippen LogP contribution in [0.15, 0.2) is 30.3 Å². The zero-order chi connectivity index (χ0) is 15.3. The van der Waals surface area contributed by atoms with Crippen LogP contribution in [0.1, 0.15) is 45.6 Å². The number of aliphatic hydroxyl groups excluding tert-OH is 1. The van der Waals surface area contributed by atoms with Gasteiger partial charge in [0.25, 0.3) is 0 Å². The number of rotatable bonds is 8.